The van der Waals surface area contributed by atoms with Gasteiger partial charge in [-0.3, -0.25) is 9.59 Å². The first-order valence-corrected chi connectivity index (χ1v) is 28.3. The number of unbranched alkanes of at least 4 members (excludes halogenated alkanes) is 9. The number of ketones is 1. The van der Waals surface area contributed by atoms with Crippen LogP contribution in [0.2, 0.25) is 0 Å². The summed E-state index contributed by atoms with van der Waals surface area (Å²) in [5.74, 6) is -1.14. The van der Waals surface area contributed by atoms with Crippen LogP contribution in [0.3, 0.4) is 0 Å². The van der Waals surface area contributed by atoms with Gasteiger partial charge in [0.2, 0.25) is 0 Å². The summed E-state index contributed by atoms with van der Waals surface area (Å²) in [6.45, 7) is 7.99. The van der Waals surface area contributed by atoms with Crippen LogP contribution in [0, 0.1) is 0 Å². The number of aliphatic hydroxyl groups excluding tert-OH is 3. The summed E-state index contributed by atoms with van der Waals surface area (Å²) in [6.07, 6.45) is 83.8. The lowest BCUT2D eigenvalue weighted by atomic mass is 10.1. The largest absolute Gasteiger partial charge is 0.481 e. The minimum atomic E-state index is -0.723. The maximum Gasteiger partial charge on any atom is 0.303 e. The van der Waals surface area contributed by atoms with Gasteiger partial charge in [-0.05, 0) is 142 Å². The van der Waals surface area contributed by atoms with E-state index in [-0.39, 0.29) is 12.8 Å². The molecule has 0 aliphatic rings. The summed E-state index contributed by atoms with van der Waals surface area (Å²) < 4.78 is 0. The SMILES string of the molecule is CC/C=C\C/C=C\C/C=C\C=C/C(O)C/C=C\CCCCCC(=O)O.CC/C=C\C/C=C\CC(O)/C=C\C=C/C/C=C\CCCCCC(=O)O.CC/C=C\CC(O)/C=C/C=C\C/C=C\C/C=C\CCCCCC(C)=O. The third-order valence-electron chi connectivity index (χ3n) is 10.6. The van der Waals surface area contributed by atoms with Gasteiger partial charge in [0.05, 0.1) is 18.3 Å². The highest BCUT2D eigenvalue weighted by Gasteiger charge is 1.98. The molecule has 8 heteroatoms. The van der Waals surface area contributed by atoms with Crippen LogP contribution in [0.1, 0.15) is 201 Å². The van der Waals surface area contributed by atoms with Crippen LogP contribution in [-0.4, -0.2) is 61.6 Å². The number of rotatable bonds is 45. The van der Waals surface area contributed by atoms with Gasteiger partial charge in [-0.25, -0.2) is 0 Å². The first-order chi connectivity index (χ1) is 36.5. The van der Waals surface area contributed by atoms with Crippen LogP contribution in [-0.2, 0) is 14.4 Å². The summed E-state index contributed by atoms with van der Waals surface area (Å²) in [5, 5.41) is 46.3. The normalized spacial score (nSPS) is 14.0. The number of hydrogen-bond acceptors (Lipinski definition) is 6. The molecule has 0 aliphatic heterocycles. The molecular formula is C67H104O8. The summed E-state index contributed by atoms with van der Waals surface area (Å²) in [7, 11) is 0. The second-order valence-electron chi connectivity index (χ2n) is 18.0. The van der Waals surface area contributed by atoms with E-state index in [9.17, 15) is 29.7 Å². The topological polar surface area (TPSA) is 152 Å². The van der Waals surface area contributed by atoms with Crippen LogP contribution >= 0.6 is 0 Å². The van der Waals surface area contributed by atoms with Gasteiger partial charge in [-0.2, -0.15) is 0 Å². The molecule has 0 spiro atoms. The Balaban J connectivity index is -0.00000104. The van der Waals surface area contributed by atoms with Gasteiger partial charge < -0.3 is 30.3 Å². The molecule has 3 unspecified atom stereocenters. The lowest BCUT2D eigenvalue weighted by molar-refractivity contribution is -0.138. The zero-order valence-corrected chi connectivity index (χ0v) is 47.1. The van der Waals surface area contributed by atoms with Crippen molar-refractivity contribution in [1.82, 2.24) is 0 Å². The Hall–Kier alpha value is -5.41. The van der Waals surface area contributed by atoms with Crippen molar-refractivity contribution in [3.63, 3.8) is 0 Å². The fourth-order valence-corrected chi connectivity index (χ4v) is 6.43. The molecule has 0 aromatic carbocycles. The summed E-state index contributed by atoms with van der Waals surface area (Å²) in [5.41, 5.74) is 0. The van der Waals surface area contributed by atoms with Crippen molar-refractivity contribution in [3.8, 4) is 0 Å². The summed E-state index contributed by atoms with van der Waals surface area (Å²) in [6, 6.07) is 0. The second-order valence-corrected chi connectivity index (χ2v) is 18.0. The van der Waals surface area contributed by atoms with Crippen LogP contribution < -0.4 is 0 Å². The van der Waals surface area contributed by atoms with Crippen molar-refractivity contribution >= 4 is 17.7 Å². The quantitative estimate of drug-likeness (QED) is 0.0230. The fourth-order valence-electron chi connectivity index (χ4n) is 6.43. The molecule has 0 amide bonds. The van der Waals surface area contributed by atoms with Crippen molar-refractivity contribution in [2.24, 2.45) is 0 Å². The highest BCUT2D eigenvalue weighted by Crippen LogP contribution is 2.08. The van der Waals surface area contributed by atoms with Crippen molar-refractivity contribution in [2.45, 2.75) is 219 Å². The van der Waals surface area contributed by atoms with Gasteiger partial charge in [-0.1, -0.05) is 222 Å². The number of carbonyl (C=O) groups is 3. The Morgan fingerprint density at radius 3 is 0.933 bits per heavy atom. The molecule has 75 heavy (non-hydrogen) atoms. The highest BCUT2D eigenvalue weighted by molar-refractivity contribution is 5.75. The lowest BCUT2D eigenvalue weighted by Crippen LogP contribution is -1.98. The number of aliphatic carboxylic acids is 2. The Morgan fingerprint density at radius 2 is 0.587 bits per heavy atom. The van der Waals surface area contributed by atoms with Gasteiger partial charge in [0, 0.05) is 19.3 Å². The smallest absolute Gasteiger partial charge is 0.303 e. The average Bonchev–Trinajstić information content (AvgIpc) is 3.38. The van der Waals surface area contributed by atoms with Crippen molar-refractivity contribution in [1.29, 1.82) is 0 Å². The van der Waals surface area contributed by atoms with E-state index in [2.05, 4.69) is 130 Å². The van der Waals surface area contributed by atoms with E-state index in [1.165, 1.54) is 6.42 Å². The minimum Gasteiger partial charge on any atom is -0.481 e. The monoisotopic (exact) mass is 1040 g/mol. The third-order valence-corrected chi connectivity index (χ3v) is 10.6. The van der Waals surface area contributed by atoms with Crippen molar-refractivity contribution in [2.75, 3.05) is 0 Å². The first-order valence-electron chi connectivity index (χ1n) is 28.3. The Kier molecular flexibility index (Phi) is 63.7. The summed E-state index contributed by atoms with van der Waals surface area (Å²) in [4.78, 5) is 31.5. The molecule has 3 atom stereocenters. The zero-order chi connectivity index (χ0) is 55.8. The molecule has 420 valence electrons. The molecule has 0 aromatic heterocycles. The molecule has 0 bridgehead atoms. The predicted molar refractivity (Wildman–Crippen MR) is 323 cm³/mol. The van der Waals surface area contributed by atoms with E-state index in [4.69, 9.17) is 10.2 Å². The number of carbonyl (C=O) groups excluding carboxylic acids is 1. The van der Waals surface area contributed by atoms with Gasteiger partial charge >= 0.3 is 11.9 Å². The molecule has 0 radical (unpaired) electrons. The maximum absolute atomic E-state index is 10.8. The van der Waals surface area contributed by atoms with Crippen LogP contribution in [0.4, 0.5) is 0 Å². The van der Waals surface area contributed by atoms with Crippen LogP contribution in [0.15, 0.2) is 182 Å². The van der Waals surface area contributed by atoms with Crippen molar-refractivity contribution < 1.29 is 39.9 Å². The van der Waals surface area contributed by atoms with Crippen LogP contribution in [0.25, 0.3) is 0 Å². The number of Topliss-reactive ketones (excluding diaryl/α,β-unsaturated/α-hetero) is 1. The molecule has 0 aliphatic carbocycles. The van der Waals surface area contributed by atoms with E-state index < -0.39 is 30.3 Å². The lowest BCUT2D eigenvalue weighted by Gasteiger charge is -1.99. The molecule has 0 saturated heterocycles. The van der Waals surface area contributed by atoms with E-state index in [1.54, 1.807) is 19.1 Å². The average molecular weight is 1040 g/mol. The van der Waals surface area contributed by atoms with Gasteiger partial charge in [0.25, 0.3) is 0 Å². The Morgan fingerprint density at radius 1 is 0.320 bits per heavy atom. The number of carboxylic acids is 2. The van der Waals surface area contributed by atoms with Gasteiger partial charge in [-0.15, -0.1) is 0 Å². The van der Waals surface area contributed by atoms with Crippen LogP contribution in [0.5, 0.6) is 0 Å². The maximum atomic E-state index is 10.8. The van der Waals surface area contributed by atoms with E-state index >= 15 is 0 Å². The minimum absolute atomic E-state index is 0.256. The molecule has 0 heterocycles. The van der Waals surface area contributed by atoms with E-state index in [1.807, 2.05) is 60.8 Å². The second kappa shape index (κ2) is 64.7. The molecular weight excluding hydrogens is 933 g/mol. The standard InChI is InChI=1S/C23H36O2.2C22H34O3/c1-3-4-16-20-23(25)21-18-15-13-11-9-7-5-6-8-10-12-14-17-19-22(2)24;1-2-3-4-5-12-15-18-21(23)19-16-13-10-8-6-7-9-11-14-17-20-22(24)25;1-2-3-4-5-6-7-8-9-12-15-18-21(23)19-16-13-10-11-14-17-20-22(24)25/h4,6-9,13,15-16,18,21,23,25H,3,5,10-12,14,17,19-20H2,1-2H3;3-4,6-7,10,12-13,15-16,19,21,23H,2,5,8-9,11,14,17-18,20H2,1H3,(H,24,25);3-4,6-7,9,12-13,15-16,18,21,23H,2,5,8,10-11,14,17,19-20H2,1H3,(H,24,25)/b8-6-,9-7-,15-13-,16-4-,21-18+;4-3-,7-6-,13-10-,15-12-,19-16-;4-3-,7-6-,12-9-,16-13-,18-15-. The molecule has 0 fully saturated rings. The summed E-state index contributed by atoms with van der Waals surface area (Å²) >= 11 is 0. The third kappa shape index (κ3) is 75.2. The fraction of sp³-hybridized carbons (Fsp3) is 0.507. The van der Waals surface area contributed by atoms with Crippen molar-refractivity contribution in [3.05, 3.63) is 182 Å². The number of aliphatic hydroxyl groups is 3. The molecule has 5 N–H and O–H groups in total. The van der Waals surface area contributed by atoms with Gasteiger partial charge in [0.1, 0.15) is 5.78 Å². The molecule has 0 aromatic rings. The molecule has 0 saturated carbocycles. The number of hydrogen-bond donors (Lipinski definition) is 5. The van der Waals surface area contributed by atoms with Gasteiger partial charge in [0.15, 0.2) is 0 Å². The Labute approximate surface area is 457 Å². The van der Waals surface area contributed by atoms with E-state index in [0.717, 1.165) is 135 Å². The molecule has 8 nitrogen and oxygen atoms in total. The number of carboxylic acid groups (broad SMARTS) is 2. The van der Waals surface area contributed by atoms with E-state index in [0.29, 0.717) is 25.0 Å². The Bertz CT molecular complexity index is 1770. The predicted octanol–water partition coefficient (Wildman–Crippen LogP) is 17.7. The highest BCUT2D eigenvalue weighted by atomic mass is 16.4. The number of allylic oxidation sites excluding steroid dienone is 24. The molecule has 0 rings (SSSR count). The first kappa shape index (κ1) is 73.8. The zero-order valence-electron chi connectivity index (χ0n) is 47.1.